The van der Waals surface area contributed by atoms with Crippen LogP contribution >= 0.6 is 0 Å². The predicted molar refractivity (Wildman–Crippen MR) is 80.9 cm³/mol. The van der Waals surface area contributed by atoms with Gasteiger partial charge in [0.25, 0.3) is 5.91 Å². The minimum absolute atomic E-state index is 0.0812. The lowest BCUT2D eigenvalue weighted by atomic mass is 10.3. The van der Waals surface area contributed by atoms with Crippen molar-refractivity contribution in [3.8, 4) is 0 Å². The average Bonchev–Trinajstić information content (AvgIpc) is 2.95. The quantitative estimate of drug-likeness (QED) is 0.769. The molecule has 8 heteroatoms. The van der Waals surface area contributed by atoms with E-state index in [9.17, 15) is 9.18 Å². The van der Waals surface area contributed by atoms with Gasteiger partial charge in [0.2, 0.25) is 0 Å². The van der Waals surface area contributed by atoms with Crippen LogP contribution in [0.25, 0.3) is 0 Å². The summed E-state index contributed by atoms with van der Waals surface area (Å²) in [5, 5.41) is 9.11. The van der Waals surface area contributed by atoms with Gasteiger partial charge in [0.05, 0.1) is 5.69 Å². The number of hydrogen-bond acceptors (Lipinski definition) is 6. The average molecular weight is 313 g/mol. The molecule has 2 aromatic heterocycles. The highest BCUT2D eigenvalue weighted by Gasteiger charge is 2.12. The third-order valence-electron chi connectivity index (χ3n) is 2.91. The topological polar surface area (TPSA) is 92.9 Å². The number of carbonyl (C=O) groups excluding carboxylic acids is 1. The Morgan fingerprint density at radius 2 is 2.00 bits per heavy atom. The molecular weight excluding hydrogens is 301 g/mol. The van der Waals surface area contributed by atoms with Gasteiger partial charge in [-0.25, -0.2) is 14.4 Å². The van der Waals surface area contributed by atoms with E-state index < -0.39 is 11.7 Å². The Labute approximate surface area is 130 Å². The summed E-state index contributed by atoms with van der Waals surface area (Å²) in [7, 11) is 0. The maximum atomic E-state index is 13.6. The van der Waals surface area contributed by atoms with Crippen molar-refractivity contribution in [2.45, 2.75) is 6.92 Å². The van der Waals surface area contributed by atoms with Gasteiger partial charge in [0, 0.05) is 12.1 Å². The number of anilines is 3. The van der Waals surface area contributed by atoms with Crippen molar-refractivity contribution in [1.29, 1.82) is 0 Å². The number of benzene rings is 1. The molecule has 0 atom stereocenters. The number of carbonyl (C=O) groups is 1. The number of aryl methyl sites for hydroxylation is 1. The van der Waals surface area contributed by atoms with E-state index in [2.05, 4.69) is 25.8 Å². The Bertz CT molecular complexity index is 849. The minimum Gasteiger partial charge on any atom is -0.360 e. The van der Waals surface area contributed by atoms with Crippen LogP contribution in [0, 0.1) is 12.7 Å². The van der Waals surface area contributed by atoms with E-state index in [1.54, 1.807) is 19.1 Å². The van der Waals surface area contributed by atoms with E-state index >= 15 is 0 Å². The lowest BCUT2D eigenvalue weighted by Crippen LogP contribution is -2.15. The van der Waals surface area contributed by atoms with Crippen LogP contribution in [-0.2, 0) is 0 Å². The van der Waals surface area contributed by atoms with Gasteiger partial charge in [-0.15, -0.1) is 0 Å². The van der Waals surface area contributed by atoms with Gasteiger partial charge in [-0.1, -0.05) is 17.3 Å². The van der Waals surface area contributed by atoms with Gasteiger partial charge in [0.15, 0.2) is 5.82 Å². The summed E-state index contributed by atoms with van der Waals surface area (Å²) in [4.78, 5) is 20.0. The number of para-hydroxylation sites is 1. The summed E-state index contributed by atoms with van der Waals surface area (Å²) < 4.78 is 18.5. The Hall–Kier alpha value is -3.29. The molecule has 0 aliphatic carbocycles. The van der Waals surface area contributed by atoms with E-state index in [1.807, 2.05) is 0 Å². The number of rotatable bonds is 4. The van der Waals surface area contributed by atoms with E-state index in [0.29, 0.717) is 17.4 Å². The molecule has 0 saturated carbocycles. The third-order valence-corrected chi connectivity index (χ3v) is 2.91. The zero-order chi connectivity index (χ0) is 16.2. The zero-order valence-corrected chi connectivity index (χ0v) is 12.1. The molecule has 1 amide bonds. The fourth-order valence-corrected chi connectivity index (χ4v) is 1.86. The standard InChI is InChI=1S/C15H12FN5O2/c1-9-6-14(21-23-9)20-13-7-12(17-8-18-13)15(22)19-11-5-3-2-4-10(11)16/h2-8H,1H3,(H,19,22)(H,17,18,20,21). The molecule has 23 heavy (non-hydrogen) atoms. The van der Waals surface area contributed by atoms with Crippen molar-refractivity contribution in [2.24, 2.45) is 0 Å². The molecular formula is C15H12FN5O2. The van der Waals surface area contributed by atoms with Crippen molar-refractivity contribution in [1.82, 2.24) is 15.1 Å². The predicted octanol–water partition coefficient (Wildman–Crippen LogP) is 2.91. The molecule has 7 nitrogen and oxygen atoms in total. The summed E-state index contributed by atoms with van der Waals surface area (Å²) in [6, 6.07) is 9.00. The Morgan fingerprint density at radius 3 is 2.74 bits per heavy atom. The highest BCUT2D eigenvalue weighted by atomic mass is 19.1. The molecule has 1 aromatic carbocycles. The Balaban J connectivity index is 1.76. The second-order valence-corrected chi connectivity index (χ2v) is 4.67. The summed E-state index contributed by atoms with van der Waals surface area (Å²) in [5.74, 6) is 0.399. The first-order chi connectivity index (χ1) is 11.1. The van der Waals surface area contributed by atoms with E-state index in [0.717, 1.165) is 0 Å². The first-order valence-electron chi connectivity index (χ1n) is 6.70. The molecule has 0 radical (unpaired) electrons. The smallest absolute Gasteiger partial charge is 0.274 e. The molecule has 3 aromatic rings. The van der Waals surface area contributed by atoms with Crippen LogP contribution in [0.1, 0.15) is 16.2 Å². The summed E-state index contributed by atoms with van der Waals surface area (Å²) >= 11 is 0. The fraction of sp³-hybridized carbons (Fsp3) is 0.0667. The molecule has 116 valence electrons. The van der Waals surface area contributed by atoms with E-state index in [4.69, 9.17) is 4.52 Å². The van der Waals surface area contributed by atoms with Crippen LogP contribution < -0.4 is 10.6 Å². The SMILES string of the molecule is Cc1cc(Nc2cc(C(=O)Nc3ccccc3F)ncn2)no1. The Morgan fingerprint density at radius 1 is 1.17 bits per heavy atom. The van der Waals surface area contributed by atoms with Crippen molar-refractivity contribution in [3.05, 3.63) is 60.0 Å². The number of hydrogen-bond donors (Lipinski definition) is 2. The molecule has 0 saturated heterocycles. The second kappa shape index (κ2) is 6.22. The summed E-state index contributed by atoms with van der Waals surface area (Å²) in [5.41, 5.74) is 0.170. The van der Waals surface area contributed by atoms with Crippen LogP contribution in [0.15, 0.2) is 47.2 Å². The number of amides is 1. The number of aromatic nitrogens is 3. The molecule has 0 bridgehead atoms. The van der Waals surface area contributed by atoms with E-state index in [-0.39, 0.29) is 11.4 Å². The van der Waals surface area contributed by atoms with Crippen molar-refractivity contribution < 1.29 is 13.7 Å². The third kappa shape index (κ3) is 3.49. The number of halogens is 1. The highest BCUT2D eigenvalue weighted by molar-refractivity contribution is 6.03. The minimum atomic E-state index is -0.545. The largest absolute Gasteiger partial charge is 0.360 e. The van der Waals surface area contributed by atoms with Gasteiger partial charge in [-0.2, -0.15) is 0 Å². The van der Waals surface area contributed by atoms with Crippen LogP contribution in [-0.4, -0.2) is 21.0 Å². The molecule has 0 aliphatic rings. The van der Waals surface area contributed by atoms with Crippen LogP contribution in [0.2, 0.25) is 0 Å². The molecule has 0 spiro atoms. The summed E-state index contributed by atoms with van der Waals surface area (Å²) in [6.45, 7) is 1.76. The summed E-state index contributed by atoms with van der Waals surface area (Å²) in [6.07, 6.45) is 1.23. The second-order valence-electron chi connectivity index (χ2n) is 4.67. The highest BCUT2D eigenvalue weighted by Crippen LogP contribution is 2.16. The molecule has 2 N–H and O–H groups in total. The van der Waals surface area contributed by atoms with Crippen LogP contribution in [0.5, 0.6) is 0 Å². The monoisotopic (exact) mass is 313 g/mol. The normalized spacial score (nSPS) is 10.3. The molecule has 2 heterocycles. The fourth-order valence-electron chi connectivity index (χ4n) is 1.86. The maximum absolute atomic E-state index is 13.6. The maximum Gasteiger partial charge on any atom is 0.274 e. The number of nitrogens with one attached hydrogen (secondary N) is 2. The molecule has 3 rings (SSSR count). The Kier molecular flexibility index (Phi) is 3.96. The molecule has 0 unspecified atom stereocenters. The van der Waals surface area contributed by atoms with Crippen LogP contribution in [0.4, 0.5) is 21.7 Å². The van der Waals surface area contributed by atoms with Crippen molar-refractivity contribution in [3.63, 3.8) is 0 Å². The van der Waals surface area contributed by atoms with Gasteiger partial charge in [-0.3, -0.25) is 4.79 Å². The lowest BCUT2D eigenvalue weighted by Gasteiger charge is -2.06. The molecule has 0 fully saturated rings. The van der Waals surface area contributed by atoms with E-state index in [1.165, 1.54) is 30.6 Å². The van der Waals surface area contributed by atoms with Gasteiger partial charge in [-0.05, 0) is 19.1 Å². The van der Waals surface area contributed by atoms with Crippen molar-refractivity contribution in [2.75, 3.05) is 10.6 Å². The zero-order valence-electron chi connectivity index (χ0n) is 12.1. The van der Waals surface area contributed by atoms with Gasteiger partial charge < -0.3 is 15.2 Å². The lowest BCUT2D eigenvalue weighted by molar-refractivity contribution is 0.102. The van der Waals surface area contributed by atoms with Crippen molar-refractivity contribution >= 4 is 23.2 Å². The number of nitrogens with zero attached hydrogens (tertiary/aromatic N) is 3. The van der Waals surface area contributed by atoms with Gasteiger partial charge in [0.1, 0.15) is 29.4 Å². The first-order valence-corrected chi connectivity index (χ1v) is 6.70. The van der Waals surface area contributed by atoms with Gasteiger partial charge >= 0.3 is 0 Å². The first kappa shape index (κ1) is 14.6. The van der Waals surface area contributed by atoms with Crippen LogP contribution in [0.3, 0.4) is 0 Å². The molecule has 0 aliphatic heterocycles.